The minimum Gasteiger partial charge on any atom is -0.300 e. The second-order valence-corrected chi connectivity index (χ2v) is 15.6. The first-order chi connectivity index (χ1) is 22.6. The molecule has 1 nitrogen and oxygen atoms in total. The van der Waals surface area contributed by atoms with Gasteiger partial charge in [0.05, 0.1) is 0 Å². The highest BCUT2D eigenvalue weighted by atomic mass is 16.1. The highest BCUT2D eigenvalue weighted by Gasteiger charge is 2.22. The fourth-order valence-corrected chi connectivity index (χ4v) is 8.79. The molecule has 2 aliphatic rings. The molecule has 0 unspecified atom stereocenters. The summed E-state index contributed by atoms with van der Waals surface area (Å²) in [6.45, 7) is 4.66. The lowest BCUT2D eigenvalue weighted by Gasteiger charge is -2.28. The summed E-state index contributed by atoms with van der Waals surface area (Å²) in [5.74, 6) is 4.07. The molecule has 0 N–H and O–H groups in total. The zero-order chi connectivity index (χ0) is 32.2. The minimum atomic E-state index is 0.498. The molecular weight excluding hydrogens is 556 g/mol. The van der Waals surface area contributed by atoms with E-state index in [2.05, 4.69) is 62.4 Å². The average molecular weight is 627 g/mol. The SMILES string of the molecule is CCCC1CCC(c2ccc(CCCCCCCC(=O)CCCCCCCc3ccc([C@H]4CC[C@H](CCC)CC4)cc3)cc2)CC1. The first kappa shape index (κ1) is 36.9. The number of benzene rings is 2. The number of unbranched alkanes of at least 4 members (excludes halogenated alkanes) is 8. The predicted octanol–water partition coefficient (Wildman–Crippen LogP) is 13.9. The fourth-order valence-electron chi connectivity index (χ4n) is 8.79. The highest BCUT2D eigenvalue weighted by Crippen LogP contribution is 2.38. The van der Waals surface area contributed by atoms with Gasteiger partial charge >= 0.3 is 0 Å². The molecule has 2 saturated carbocycles. The van der Waals surface area contributed by atoms with Gasteiger partial charge < -0.3 is 0 Å². The van der Waals surface area contributed by atoms with E-state index in [-0.39, 0.29) is 0 Å². The normalized spacial score (nSPS) is 21.8. The number of carbonyl (C=O) groups is 1. The summed E-state index contributed by atoms with van der Waals surface area (Å²) >= 11 is 0. The Kier molecular flexibility index (Phi) is 17.6. The summed E-state index contributed by atoms with van der Waals surface area (Å²) in [7, 11) is 0. The van der Waals surface area contributed by atoms with Crippen molar-refractivity contribution in [2.24, 2.45) is 11.8 Å². The third-order valence-electron chi connectivity index (χ3n) is 11.8. The van der Waals surface area contributed by atoms with Crippen molar-refractivity contribution in [2.45, 2.75) is 193 Å². The molecule has 0 amide bonds. The standard InChI is InChI=1S/C45H70O/c1-3-15-37-21-29-41(30-22-37)43-33-25-39(26-34-43)17-11-7-5-9-13-19-45(46)20-14-10-6-8-12-18-40-27-35-44(36-28-40)42-31-23-38(16-4-2)24-32-42/h25-28,33-38,41-42H,3-24,29-32H2,1-2H3/t37-,38?,41-,42?. The number of Topliss-reactive ketones (excluding diaryl/α,β-unsaturated/α-hetero) is 1. The molecule has 1 heteroatoms. The van der Waals surface area contributed by atoms with Crippen molar-refractivity contribution in [3.8, 4) is 0 Å². The fraction of sp³-hybridized carbons (Fsp3) is 0.711. The quantitative estimate of drug-likeness (QED) is 0.119. The Bertz CT molecular complexity index is 964. The molecule has 2 fully saturated rings. The van der Waals surface area contributed by atoms with Crippen molar-refractivity contribution in [3.05, 3.63) is 70.8 Å². The first-order valence-electron chi connectivity index (χ1n) is 20.3. The average Bonchev–Trinajstić information content (AvgIpc) is 3.09. The second-order valence-electron chi connectivity index (χ2n) is 15.6. The van der Waals surface area contributed by atoms with Gasteiger partial charge in [0.1, 0.15) is 5.78 Å². The molecule has 0 heterocycles. The van der Waals surface area contributed by atoms with Gasteiger partial charge in [0.15, 0.2) is 0 Å². The lowest BCUT2D eigenvalue weighted by atomic mass is 9.77. The molecule has 0 saturated heterocycles. The van der Waals surface area contributed by atoms with Crippen molar-refractivity contribution < 1.29 is 4.79 Å². The van der Waals surface area contributed by atoms with Gasteiger partial charge in [0, 0.05) is 12.8 Å². The van der Waals surface area contributed by atoms with E-state index in [1.54, 1.807) is 11.1 Å². The van der Waals surface area contributed by atoms with Crippen LogP contribution in [-0.2, 0) is 17.6 Å². The van der Waals surface area contributed by atoms with Crippen LogP contribution in [0.4, 0.5) is 0 Å². The van der Waals surface area contributed by atoms with Crippen molar-refractivity contribution in [1.29, 1.82) is 0 Å². The smallest absolute Gasteiger partial charge is 0.132 e. The lowest BCUT2D eigenvalue weighted by Crippen LogP contribution is -2.13. The minimum absolute atomic E-state index is 0.498. The summed E-state index contributed by atoms with van der Waals surface area (Å²) in [6.07, 6.45) is 33.2. The summed E-state index contributed by atoms with van der Waals surface area (Å²) in [4.78, 5) is 12.4. The molecule has 0 aliphatic heterocycles. The molecule has 4 rings (SSSR count). The summed E-state index contributed by atoms with van der Waals surface area (Å²) in [5.41, 5.74) is 6.16. The Morgan fingerprint density at radius 2 is 0.826 bits per heavy atom. The van der Waals surface area contributed by atoms with E-state index < -0.39 is 0 Å². The van der Waals surface area contributed by atoms with Crippen LogP contribution in [-0.4, -0.2) is 5.78 Å². The van der Waals surface area contributed by atoms with E-state index in [1.807, 2.05) is 0 Å². The van der Waals surface area contributed by atoms with Crippen LogP contribution in [0, 0.1) is 11.8 Å². The predicted molar refractivity (Wildman–Crippen MR) is 200 cm³/mol. The van der Waals surface area contributed by atoms with Crippen LogP contribution >= 0.6 is 0 Å². The van der Waals surface area contributed by atoms with Crippen LogP contribution in [0.1, 0.15) is 202 Å². The molecule has 0 spiro atoms. The van der Waals surface area contributed by atoms with E-state index in [0.29, 0.717) is 5.78 Å². The molecule has 2 aliphatic carbocycles. The summed E-state index contributed by atoms with van der Waals surface area (Å²) < 4.78 is 0. The monoisotopic (exact) mass is 627 g/mol. The molecule has 2 aromatic rings. The zero-order valence-electron chi connectivity index (χ0n) is 30.2. The van der Waals surface area contributed by atoms with Crippen LogP contribution in [0.15, 0.2) is 48.5 Å². The Labute approximate surface area is 285 Å². The molecule has 2 aromatic carbocycles. The van der Waals surface area contributed by atoms with Gasteiger partial charge in [-0.3, -0.25) is 4.79 Å². The van der Waals surface area contributed by atoms with Crippen molar-refractivity contribution >= 4 is 5.78 Å². The molecule has 0 atom stereocenters. The molecule has 0 radical (unpaired) electrons. The number of hydrogen-bond donors (Lipinski definition) is 0. The van der Waals surface area contributed by atoms with E-state index in [9.17, 15) is 4.79 Å². The van der Waals surface area contributed by atoms with Crippen LogP contribution < -0.4 is 0 Å². The van der Waals surface area contributed by atoms with E-state index >= 15 is 0 Å². The first-order valence-corrected chi connectivity index (χ1v) is 20.3. The molecular formula is C45H70O. The van der Waals surface area contributed by atoms with Gasteiger partial charge in [-0.2, -0.15) is 0 Å². The maximum atomic E-state index is 12.4. The molecule has 46 heavy (non-hydrogen) atoms. The lowest BCUT2D eigenvalue weighted by molar-refractivity contribution is -0.119. The number of rotatable bonds is 22. The van der Waals surface area contributed by atoms with E-state index in [1.165, 1.54) is 152 Å². The third-order valence-corrected chi connectivity index (χ3v) is 11.8. The van der Waals surface area contributed by atoms with Gasteiger partial charge in [-0.1, -0.05) is 127 Å². The topological polar surface area (TPSA) is 17.1 Å². The number of hydrogen-bond acceptors (Lipinski definition) is 1. The van der Waals surface area contributed by atoms with Gasteiger partial charge in [-0.05, 0) is 136 Å². The largest absolute Gasteiger partial charge is 0.300 e. The molecule has 0 aromatic heterocycles. The highest BCUT2D eigenvalue weighted by molar-refractivity contribution is 5.78. The van der Waals surface area contributed by atoms with E-state index in [0.717, 1.165) is 49.4 Å². The van der Waals surface area contributed by atoms with Crippen LogP contribution in [0.3, 0.4) is 0 Å². The summed E-state index contributed by atoms with van der Waals surface area (Å²) in [6, 6.07) is 19.3. The van der Waals surface area contributed by atoms with Crippen molar-refractivity contribution in [3.63, 3.8) is 0 Å². The maximum absolute atomic E-state index is 12.4. The van der Waals surface area contributed by atoms with Crippen molar-refractivity contribution in [1.82, 2.24) is 0 Å². The zero-order valence-corrected chi connectivity index (χ0v) is 30.2. The Morgan fingerprint density at radius 1 is 0.478 bits per heavy atom. The molecule has 0 bridgehead atoms. The van der Waals surface area contributed by atoms with E-state index in [4.69, 9.17) is 0 Å². The van der Waals surface area contributed by atoms with Crippen LogP contribution in [0.5, 0.6) is 0 Å². The number of ketones is 1. The van der Waals surface area contributed by atoms with Crippen LogP contribution in [0.25, 0.3) is 0 Å². The number of aryl methyl sites for hydroxylation is 2. The number of carbonyl (C=O) groups excluding carboxylic acids is 1. The second kappa shape index (κ2) is 21.9. The Balaban J connectivity index is 0.930. The Morgan fingerprint density at radius 3 is 1.20 bits per heavy atom. The van der Waals surface area contributed by atoms with Gasteiger partial charge in [-0.15, -0.1) is 0 Å². The summed E-state index contributed by atoms with van der Waals surface area (Å²) in [5, 5.41) is 0. The maximum Gasteiger partial charge on any atom is 0.132 e. The third kappa shape index (κ3) is 13.7. The van der Waals surface area contributed by atoms with Gasteiger partial charge in [0.25, 0.3) is 0 Å². The van der Waals surface area contributed by atoms with Gasteiger partial charge in [-0.25, -0.2) is 0 Å². The van der Waals surface area contributed by atoms with Gasteiger partial charge in [0.2, 0.25) is 0 Å². The molecule has 256 valence electrons. The Hall–Kier alpha value is -1.89. The van der Waals surface area contributed by atoms with Crippen molar-refractivity contribution in [2.75, 3.05) is 0 Å². The van der Waals surface area contributed by atoms with Crippen LogP contribution in [0.2, 0.25) is 0 Å².